The molecule has 1 aromatic rings. The van der Waals surface area contributed by atoms with Crippen LogP contribution in [0, 0.1) is 0 Å². The second kappa shape index (κ2) is 7.36. The van der Waals surface area contributed by atoms with E-state index < -0.39 is 5.79 Å². The molecule has 1 spiro atoms. The minimum Gasteiger partial charge on any atom is -0.350 e. The lowest BCUT2D eigenvalue weighted by atomic mass is 10.0. The lowest BCUT2D eigenvalue weighted by Crippen LogP contribution is -2.51. The molecule has 5 nitrogen and oxygen atoms in total. The predicted molar refractivity (Wildman–Crippen MR) is 90.0 cm³/mol. The van der Waals surface area contributed by atoms with Gasteiger partial charge in [0.2, 0.25) is 5.91 Å². The molecule has 1 amide bonds. The first-order valence-corrected chi connectivity index (χ1v) is 8.57. The van der Waals surface area contributed by atoms with Crippen LogP contribution in [-0.4, -0.2) is 49.4 Å². The van der Waals surface area contributed by atoms with Gasteiger partial charge in [0.1, 0.15) is 0 Å². The second-order valence-corrected chi connectivity index (χ2v) is 6.82. The molecule has 0 radical (unpaired) electrons. The van der Waals surface area contributed by atoms with Crippen LogP contribution in [-0.2, 0) is 14.3 Å². The van der Waals surface area contributed by atoms with Crippen molar-refractivity contribution in [3.63, 3.8) is 0 Å². The molecule has 0 saturated carbocycles. The van der Waals surface area contributed by atoms with Crippen molar-refractivity contribution in [3.8, 4) is 0 Å². The molecule has 0 bridgehead atoms. The molecule has 0 aliphatic carbocycles. The smallest absolute Gasteiger partial charge is 0.238 e. The van der Waals surface area contributed by atoms with Crippen LogP contribution in [0.1, 0.15) is 19.3 Å². The number of carbonyl (C=O) groups is 1. The third kappa shape index (κ3) is 4.58. The summed E-state index contributed by atoms with van der Waals surface area (Å²) in [6, 6.07) is 4.99. The minimum atomic E-state index is -0.425. The first-order valence-electron chi connectivity index (χ1n) is 7.81. The number of amides is 1. The molecule has 2 fully saturated rings. The van der Waals surface area contributed by atoms with Gasteiger partial charge in [0.25, 0.3) is 0 Å². The summed E-state index contributed by atoms with van der Waals surface area (Å²) in [6.07, 6.45) is 2.54. The van der Waals surface area contributed by atoms with Gasteiger partial charge in [-0.3, -0.25) is 9.69 Å². The molecule has 2 aliphatic rings. The van der Waals surface area contributed by atoms with Gasteiger partial charge < -0.3 is 14.8 Å². The Kier molecular flexibility index (Phi) is 5.44. The Hall–Kier alpha value is -0.850. The number of piperidine rings is 1. The van der Waals surface area contributed by atoms with Crippen molar-refractivity contribution in [2.75, 3.05) is 38.2 Å². The summed E-state index contributed by atoms with van der Waals surface area (Å²) < 4.78 is 11.6. The van der Waals surface area contributed by atoms with Crippen molar-refractivity contribution >= 4 is 34.8 Å². The van der Waals surface area contributed by atoms with E-state index in [2.05, 4.69) is 10.2 Å². The zero-order chi connectivity index (χ0) is 16.3. The Bertz CT molecular complexity index is 546. The van der Waals surface area contributed by atoms with Crippen molar-refractivity contribution < 1.29 is 14.3 Å². The fourth-order valence-corrected chi connectivity index (χ4v) is 3.51. The standard InChI is InChI=1S/C16H20Cl2N2O3/c17-12-8-13(18)10-14(9-12)19-15(21)11-20-4-2-16(3-5-20)22-6-1-7-23-16/h8-10H,1-7,11H2,(H,19,21). The number of halogens is 2. The summed E-state index contributed by atoms with van der Waals surface area (Å²) in [5.41, 5.74) is 0.611. The zero-order valence-corrected chi connectivity index (χ0v) is 14.3. The Morgan fingerprint density at radius 1 is 1.13 bits per heavy atom. The fraction of sp³-hybridized carbons (Fsp3) is 0.562. The van der Waals surface area contributed by atoms with Crippen LogP contribution >= 0.6 is 23.2 Å². The van der Waals surface area contributed by atoms with Crippen LogP contribution < -0.4 is 5.32 Å². The molecule has 0 atom stereocenters. The SMILES string of the molecule is O=C(CN1CCC2(CC1)OCCCO2)Nc1cc(Cl)cc(Cl)c1. The molecule has 1 N–H and O–H groups in total. The number of likely N-dealkylation sites (tertiary alicyclic amines) is 1. The number of nitrogens with one attached hydrogen (secondary N) is 1. The van der Waals surface area contributed by atoms with Crippen LogP contribution in [0.5, 0.6) is 0 Å². The molecule has 2 heterocycles. The molecule has 126 valence electrons. The molecule has 7 heteroatoms. The minimum absolute atomic E-state index is 0.0789. The van der Waals surface area contributed by atoms with Gasteiger partial charge in [-0.1, -0.05) is 23.2 Å². The maximum atomic E-state index is 12.2. The maximum absolute atomic E-state index is 12.2. The van der Waals surface area contributed by atoms with Gasteiger partial charge in [-0.15, -0.1) is 0 Å². The number of anilines is 1. The Morgan fingerprint density at radius 3 is 2.35 bits per heavy atom. The molecule has 1 aromatic carbocycles. The summed E-state index contributed by atoms with van der Waals surface area (Å²) in [5.74, 6) is -0.504. The summed E-state index contributed by atoms with van der Waals surface area (Å²) >= 11 is 11.9. The summed E-state index contributed by atoms with van der Waals surface area (Å²) in [5, 5.41) is 3.83. The van der Waals surface area contributed by atoms with E-state index >= 15 is 0 Å². The largest absolute Gasteiger partial charge is 0.350 e. The second-order valence-electron chi connectivity index (χ2n) is 5.94. The van der Waals surface area contributed by atoms with E-state index in [0.29, 0.717) is 22.3 Å². The Labute approximate surface area is 145 Å². The Morgan fingerprint density at radius 2 is 1.74 bits per heavy atom. The average molecular weight is 359 g/mol. The van der Waals surface area contributed by atoms with E-state index in [4.69, 9.17) is 32.7 Å². The van der Waals surface area contributed by atoms with Gasteiger partial charge in [0.05, 0.1) is 19.8 Å². The van der Waals surface area contributed by atoms with Gasteiger partial charge in [-0.05, 0) is 24.6 Å². The highest BCUT2D eigenvalue weighted by Gasteiger charge is 2.38. The van der Waals surface area contributed by atoms with Crippen LogP contribution in [0.2, 0.25) is 10.0 Å². The van der Waals surface area contributed by atoms with E-state index in [1.807, 2.05) is 0 Å². The third-order valence-electron chi connectivity index (χ3n) is 4.15. The molecular weight excluding hydrogens is 339 g/mol. The number of ether oxygens (including phenoxy) is 2. The average Bonchev–Trinajstić information content (AvgIpc) is 2.50. The highest BCUT2D eigenvalue weighted by Crippen LogP contribution is 2.30. The number of hydrogen-bond acceptors (Lipinski definition) is 4. The van der Waals surface area contributed by atoms with Gasteiger partial charge in [0.15, 0.2) is 5.79 Å². The highest BCUT2D eigenvalue weighted by atomic mass is 35.5. The van der Waals surface area contributed by atoms with Crippen LogP contribution in [0.25, 0.3) is 0 Å². The van der Waals surface area contributed by atoms with Crippen molar-refractivity contribution in [1.29, 1.82) is 0 Å². The first-order chi connectivity index (χ1) is 11.0. The van der Waals surface area contributed by atoms with Crippen molar-refractivity contribution in [3.05, 3.63) is 28.2 Å². The van der Waals surface area contributed by atoms with Gasteiger partial charge in [-0.2, -0.15) is 0 Å². The number of nitrogens with zero attached hydrogens (tertiary/aromatic N) is 1. The molecular formula is C16H20Cl2N2O3. The molecule has 23 heavy (non-hydrogen) atoms. The van der Waals surface area contributed by atoms with E-state index in [1.165, 1.54) is 0 Å². The van der Waals surface area contributed by atoms with Crippen LogP contribution in [0.3, 0.4) is 0 Å². The quantitative estimate of drug-likeness (QED) is 0.901. The summed E-state index contributed by atoms with van der Waals surface area (Å²) in [7, 11) is 0. The van der Waals surface area contributed by atoms with E-state index in [1.54, 1.807) is 18.2 Å². The highest BCUT2D eigenvalue weighted by molar-refractivity contribution is 6.35. The maximum Gasteiger partial charge on any atom is 0.238 e. The lowest BCUT2D eigenvalue weighted by molar-refractivity contribution is -0.283. The van der Waals surface area contributed by atoms with Crippen LogP contribution in [0.15, 0.2) is 18.2 Å². The third-order valence-corrected chi connectivity index (χ3v) is 4.59. The Balaban J connectivity index is 1.49. The first kappa shape index (κ1) is 17.0. The number of carbonyl (C=O) groups excluding carboxylic acids is 1. The topological polar surface area (TPSA) is 50.8 Å². The number of benzene rings is 1. The number of hydrogen-bond donors (Lipinski definition) is 1. The van der Waals surface area contributed by atoms with Crippen molar-refractivity contribution in [2.45, 2.75) is 25.0 Å². The molecule has 2 aliphatic heterocycles. The van der Waals surface area contributed by atoms with E-state index in [9.17, 15) is 4.79 Å². The van der Waals surface area contributed by atoms with E-state index in [-0.39, 0.29) is 5.91 Å². The predicted octanol–water partition coefficient (Wildman–Crippen LogP) is 3.16. The molecule has 2 saturated heterocycles. The van der Waals surface area contributed by atoms with Gasteiger partial charge in [0, 0.05) is 41.7 Å². The van der Waals surface area contributed by atoms with Gasteiger partial charge in [-0.25, -0.2) is 0 Å². The molecule has 0 aromatic heterocycles. The van der Waals surface area contributed by atoms with Gasteiger partial charge >= 0.3 is 0 Å². The lowest BCUT2D eigenvalue weighted by Gasteiger charge is -2.43. The fourth-order valence-electron chi connectivity index (χ4n) is 2.99. The van der Waals surface area contributed by atoms with Crippen molar-refractivity contribution in [1.82, 2.24) is 4.90 Å². The molecule has 3 rings (SSSR count). The summed E-state index contributed by atoms with van der Waals surface area (Å²) in [6.45, 7) is 3.42. The number of rotatable bonds is 3. The van der Waals surface area contributed by atoms with Crippen molar-refractivity contribution in [2.24, 2.45) is 0 Å². The molecule has 0 unspecified atom stereocenters. The summed E-state index contributed by atoms with van der Waals surface area (Å²) in [4.78, 5) is 14.3. The van der Waals surface area contributed by atoms with Crippen LogP contribution in [0.4, 0.5) is 5.69 Å². The zero-order valence-electron chi connectivity index (χ0n) is 12.8. The van der Waals surface area contributed by atoms with E-state index in [0.717, 1.165) is 45.6 Å². The monoisotopic (exact) mass is 358 g/mol. The normalized spacial score (nSPS) is 21.3.